The average molecular weight is 326 g/mol. The van der Waals surface area contributed by atoms with Gasteiger partial charge in [-0.3, -0.25) is 0 Å². The van der Waals surface area contributed by atoms with Gasteiger partial charge in [-0.2, -0.15) is 0 Å². The number of hydrogen-bond donors (Lipinski definition) is 2. The SMILES string of the molecule is COC1CC(NC2CCC(NC(=O)OC(C)(C)C)CC2)C1(C)C. The van der Waals surface area contributed by atoms with Gasteiger partial charge in [0.1, 0.15) is 5.60 Å². The summed E-state index contributed by atoms with van der Waals surface area (Å²) in [5.41, 5.74) is -0.225. The standard InChI is InChI=1S/C18H34N2O3/c1-17(2,3)23-16(21)20-13-9-7-12(8-10-13)19-14-11-15(22-6)18(14,4)5/h12-15,19H,7-11H2,1-6H3,(H,20,21). The normalized spacial score (nSPS) is 33.7. The first kappa shape index (κ1) is 18.5. The first-order chi connectivity index (χ1) is 10.6. The van der Waals surface area contributed by atoms with E-state index in [9.17, 15) is 4.79 Å². The van der Waals surface area contributed by atoms with Crippen molar-refractivity contribution < 1.29 is 14.3 Å². The van der Waals surface area contributed by atoms with Crippen LogP contribution in [0.3, 0.4) is 0 Å². The number of carbonyl (C=O) groups is 1. The van der Waals surface area contributed by atoms with Gasteiger partial charge in [0.05, 0.1) is 6.10 Å². The zero-order valence-electron chi connectivity index (χ0n) is 15.6. The monoisotopic (exact) mass is 326 g/mol. The van der Waals surface area contributed by atoms with E-state index in [1.165, 1.54) is 0 Å². The third kappa shape index (κ3) is 4.83. The van der Waals surface area contributed by atoms with E-state index in [0.717, 1.165) is 32.1 Å². The molecule has 134 valence electrons. The first-order valence-corrected chi connectivity index (χ1v) is 8.90. The van der Waals surface area contributed by atoms with Crippen LogP contribution in [-0.4, -0.2) is 43.0 Å². The van der Waals surface area contributed by atoms with E-state index in [2.05, 4.69) is 24.5 Å². The Bertz CT molecular complexity index is 409. The first-order valence-electron chi connectivity index (χ1n) is 8.90. The summed E-state index contributed by atoms with van der Waals surface area (Å²) in [6, 6.07) is 1.32. The van der Waals surface area contributed by atoms with Crippen LogP contribution in [0.25, 0.3) is 0 Å². The largest absolute Gasteiger partial charge is 0.444 e. The van der Waals surface area contributed by atoms with Gasteiger partial charge in [0.2, 0.25) is 0 Å². The van der Waals surface area contributed by atoms with Crippen molar-refractivity contribution in [1.82, 2.24) is 10.6 Å². The summed E-state index contributed by atoms with van der Waals surface area (Å²) in [5, 5.41) is 6.80. The van der Waals surface area contributed by atoms with Crippen LogP contribution in [0, 0.1) is 5.41 Å². The second-order valence-corrected chi connectivity index (χ2v) is 8.70. The highest BCUT2D eigenvalue weighted by Gasteiger charge is 2.49. The Morgan fingerprint density at radius 2 is 1.65 bits per heavy atom. The van der Waals surface area contributed by atoms with Crippen LogP contribution in [0.1, 0.15) is 66.7 Å². The highest BCUT2D eigenvalue weighted by molar-refractivity contribution is 5.68. The molecule has 23 heavy (non-hydrogen) atoms. The fraction of sp³-hybridized carbons (Fsp3) is 0.944. The zero-order chi connectivity index (χ0) is 17.3. The summed E-state index contributed by atoms with van der Waals surface area (Å²) in [4.78, 5) is 11.8. The summed E-state index contributed by atoms with van der Waals surface area (Å²) < 4.78 is 10.9. The maximum absolute atomic E-state index is 11.8. The Morgan fingerprint density at radius 3 is 2.13 bits per heavy atom. The van der Waals surface area contributed by atoms with E-state index in [-0.39, 0.29) is 17.6 Å². The number of alkyl carbamates (subject to hydrolysis) is 1. The van der Waals surface area contributed by atoms with Crippen molar-refractivity contribution in [1.29, 1.82) is 0 Å². The number of amides is 1. The summed E-state index contributed by atoms with van der Waals surface area (Å²) in [5.74, 6) is 0. The van der Waals surface area contributed by atoms with Crippen LogP contribution >= 0.6 is 0 Å². The van der Waals surface area contributed by atoms with Crippen LogP contribution in [0.4, 0.5) is 4.79 Å². The number of carbonyl (C=O) groups excluding carboxylic acids is 1. The minimum absolute atomic E-state index is 0.209. The van der Waals surface area contributed by atoms with Crippen molar-refractivity contribution in [3.63, 3.8) is 0 Å². The lowest BCUT2D eigenvalue weighted by Crippen LogP contribution is -2.63. The van der Waals surface area contributed by atoms with Crippen molar-refractivity contribution in [2.75, 3.05) is 7.11 Å². The fourth-order valence-corrected chi connectivity index (χ4v) is 3.73. The summed E-state index contributed by atoms with van der Waals surface area (Å²) in [6.07, 6.45) is 5.40. The number of rotatable bonds is 4. The van der Waals surface area contributed by atoms with Crippen molar-refractivity contribution in [2.45, 2.75) is 96.6 Å². The smallest absolute Gasteiger partial charge is 0.407 e. The van der Waals surface area contributed by atoms with Crippen LogP contribution in [0.2, 0.25) is 0 Å². The number of methoxy groups -OCH3 is 1. The number of ether oxygens (including phenoxy) is 2. The number of nitrogens with one attached hydrogen (secondary N) is 2. The molecule has 1 amide bonds. The molecule has 0 aromatic heterocycles. The van der Waals surface area contributed by atoms with E-state index in [0.29, 0.717) is 18.2 Å². The predicted octanol–water partition coefficient (Wildman–Crippen LogP) is 3.23. The van der Waals surface area contributed by atoms with Crippen molar-refractivity contribution in [3.05, 3.63) is 0 Å². The Morgan fingerprint density at radius 1 is 1.09 bits per heavy atom. The molecule has 5 nitrogen and oxygen atoms in total. The molecular formula is C18H34N2O3. The van der Waals surface area contributed by atoms with E-state index < -0.39 is 5.60 Å². The molecule has 2 atom stereocenters. The highest BCUT2D eigenvalue weighted by Crippen LogP contribution is 2.43. The van der Waals surface area contributed by atoms with Crippen LogP contribution in [0.15, 0.2) is 0 Å². The lowest BCUT2D eigenvalue weighted by atomic mass is 9.64. The van der Waals surface area contributed by atoms with Gasteiger partial charge in [0, 0.05) is 30.7 Å². The molecule has 0 spiro atoms. The van der Waals surface area contributed by atoms with E-state index in [1.807, 2.05) is 20.8 Å². The third-order valence-electron chi connectivity index (χ3n) is 5.35. The predicted molar refractivity (Wildman–Crippen MR) is 91.5 cm³/mol. The second kappa shape index (κ2) is 6.98. The minimum Gasteiger partial charge on any atom is -0.444 e. The molecule has 2 aliphatic carbocycles. The molecule has 2 N–H and O–H groups in total. The Kier molecular flexibility index (Phi) is 5.62. The van der Waals surface area contributed by atoms with E-state index >= 15 is 0 Å². The lowest BCUT2D eigenvalue weighted by Gasteiger charge is -2.53. The van der Waals surface area contributed by atoms with Crippen molar-refractivity contribution >= 4 is 6.09 Å². The maximum Gasteiger partial charge on any atom is 0.407 e. The van der Waals surface area contributed by atoms with Gasteiger partial charge < -0.3 is 20.1 Å². The fourth-order valence-electron chi connectivity index (χ4n) is 3.73. The molecule has 0 bridgehead atoms. The van der Waals surface area contributed by atoms with Crippen LogP contribution < -0.4 is 10.6 Å². The Labute approximate surface area is 140 Å². The van der Waals surface area contributed by atoms with E-state index in [4.69, 9.17) is 9.47 Å². The van der Waals surface area contributed by atoms with E-state index in [1.54, 1.807) is 7.11 Å². The average Bonchev–Trinajstić information content (AvgIpc) is 2.42. The molecule has 0 aliphatic heterocycles. The maximum atomic E-state index is 11.8. The summed E-state index contributed by atoms with van der Waals surface area (Å²) in [6.45, 7) is 10.2. The van der Waals surface area contributed by atoms with Gasteiger partial charge in [0.25, 0.3) is 0 Å². The summed E-state index contributed by atoms with van der Waals surface area (Å²) in [7, 11) is 1.80. The molecule has 0 saturated heterocycles. The van der Waals surface area contributed by atoms with Gasteiger partial charge in [0.15, 0.2) is 0 Å². The molecule has 2 aliphatic rings. The summed E-state index contributed by atoms with van der Waals surface area (Å²) >= 11 is 0. The Hall–Kier alpha value is -0.810. The van der Waals surface area contributed by atoms with Gasteiger partial charge in [-0.25, -0.2) is 4.79 Å². The molecule has 5 heteroatoms. The molecule has 0 radical (unpaired) electrons. The molecule has 0 aromatic carbocycles. The lowest BCUT2D eigenvalue weighted by molar-refractivity contribution is -0.101. The second-order valence-electron chi connectivity index (χ2n) is 8.70. The van der Waals surface area contributed by atoms with Gasteiger partial charge in [-0.1, -0.05) is 13.8 Å². The molecule has 0 heterocycles. The van der Waals surface area contributed by atoms with Gasteiger partial charge >= 0.3 is 6.09 Å². The van der Waals surface area contributed by atoms with Gasteiger partial charge in [-0.15, -0.1) is 0 Å². The van der Waals surface area contributed by atoms with Gasteiger partial charge in [-0.05, 0) is 52.9 Å². The van der Waals surface area contributed by atoms with Crippen LogP contribution in [-0.2, 0) is 9.47 Å². The minimum atomic E-state index is -0.434. The third-order valence-corrected chi connectivity index (χ3v) is 5.35. The molecular weight excluding hydrogens is 292 g/mol. The highest BCUT2D eigenvalue weighted by atomic mass is 16.6. The van der Waals surface area contributed by atoms with Crippen molar-refractivity contribution in [3.8, 4) is 0 Å². The molecule has 2 saturated carbocycles. The molecule has 2 fully saturated rings. The zero-order valence-corrected chi connectivity index (χ0v) is 15.6. The van der Waals surface area contributed by atoms with Crippen molar-refractivity contribution in [2.24, 2.45) is 5.41 Å². The Balaban J connectivity index is 1.70. The quantitative estimate of drug-likeness (QED) is 0.833. The molecule has 2 unspecified atom stereocenters. The number of hydrogen-bond acceptors (Lipinski definition) is 4. The molecule has 0 aromatic rings. The van der Waals surface area contributed by atoms with Crippen LogP contribution in [0.5, 0.6) is 0 Å². The topological polar surface area (TPSA) is 59.6 Å². The molecule has 2 rings (SSSR count).